The number of benzene rings is 1. The maximum atomic E-state index is 12.9. The molecule has 1 aliphatic rings. The Morgan fingerprint density at radius 3 is 2.88 bits per heavy atom. The van der Waals surface area contributed by atoms with E-state index in [1.54, 1.807) is 6.07 Å². The van der Waals surface area contributed by atoms with Gasteiger partial charge in [-0.3, -0.25) is 14.7 Å². The Morgan fingerprint density at radius 1 is 1.52 bits per heavy atom. The molecule has 0 fully saturated rings. The predicted octanol–water partition coefficient (Wildman–Crippen LogP) is 2.70. The molecule has 25 heavy (non-hydrogen) atoms. The van der Waals surface area contributed by atoms with Gasteiger partial charge in [0.15, 0.2) is 6.10 Å². The lowest BCUT2D eigenvalue weighted by Gasteiger charge is -2.25. The Morgan fingerprint density at radius 2 is 2.24 bits per heavy atom. The molecule has 0 radical (unpaired) electrons. The topological polar surface area (TPSA) is 75.3 Å². The average molecular weight is 420 g/mol. The van der Waals surface area contributed by atoms with E-state index in [0.29, 0.717) is 31.4 Å². The van der Waals surface area contributed by atoms with E-state index in [4.69, 9.17) is 4.74 Å². The van der Waals surface area contributed by atoms with Crippen LogP contribution >= 0.6 is 15.9 Å². The molecule has 1 amide bonds. The number of ether oxygens (including phenoxy) is 1. The summed E-state index contributed by atoms with van der Waals surface area (Å²) in [5.74, 6) is -1.59. The van der Waals surface area contributed by atoms with E-state index in [1.807, 2.05) is 0 Å². The number of hydrogen-bond donors (Lipinski definition) is 1. The summed E-state index contributed by atoms with van der Waals surface area (Å²) in [7, 11) is 0. The Bertz CT molecular complexity index is 850. The minimum absolute atomic E-state index is 0.00181. The van der Waals surface area contributed by atoms with Crippen molar-refractivity contribution < 1.29 is 27.5 Å². The Hall–Kier alpha value is -2.10. The highest BCUT2D eigenvalue weighted by molar-refractivity contribution is 9.10. The van der Waals surface area contributed by atoms with Gasteiger partial charge in [-0.1, -0.05) is 0 Å². The molecule has 0 saturated heterocycles. The molecule has 6 nitrogen and oxygen atoms in total. The number of aromatic nitrogens is 2. The number of carbonyl (C=O) groups is 2. The summed E-state index contributed by atoms with van der Waals surface area (Å²) in [6.07, 6.45) is -4.35. The lowest BCUT2D eigenvalue weighted by Crippen LogP contribution is -2.44. The van der Waals surface area contributed by atoms with Crippen LogP contribution in [0.1, 0.15) is 18.1 Å². The number of fused-ring (bicyclic) bond motifs is 3. The fourth-order valence-corrected chi connectivity index (χ4v) is 3.53. The highest BCUT2D eigenvalue weighted by Crippen LogP contribution is 2.33. The lowest BCUT2D eigenvalue weighted by atomic mass is 9.99. The number of aromatic amines is 1. The number of alkyl halides is 3. The smallest absolute Gasteiger partial charge is 0.406 e. The maximum Gasteiger partial charge on any atom is 0.406 e. The highest BCUT2D eigenvalue weighted by atomic mass is 79.9. The Labute approximate surface area is 148 Å². The molecule has 0 aliphatic carbocycles. The standard InChI is InChI=1S/C15H13BrF3N3O3/c1-7(23)25-12-3-8-2-11(16)13-9(4-20-21-13)10(8)5-22(14(12)24)6-15(17,18)19/h2,4,12H,3,5-6H2,1H3,(H,20,21)/t12-/m0/s1. The second-order valence-electron chi connectivity index (χ2n) is 5.77. The van der Waals surface area contributed by atoms with Crippen molar-refractivity contribution >= 4 is 38.7 Å². The van der Waals surface area contributed by atoms with Gasteiger partial charge < -0.3 is 9.64 Å². The number of hydrogen-bond acceptors (Lipinski definition) is 4. The normalized spacial score (nSPS) is 18.2. The second-order valence-corrected chi connectivity index (χ2v) is 6.62. The van der Waals surface area contributed by atoms with E-state index in [1.165, 1.54) is 6.20 Å². The van der Waals surface area contributed by atoms with Gasteiger partial charge in [0.05, 0.1) is 11.7 Å². The van der Waals surface area contributed by atoms with E-state index < -0.39 is 30.7 Å². The molecule has 10 heteroatoms. The monoisotopic (exact) mass is 419 g/mol. The van der Waals surface area contributed by atoms with Crippen LogP contribution in [0.4, 0.5) is 13.2 Å². The summed E-state index contributed by atoms with van der Waals surface area (Å²) in [4.78, 5) is 24.4. The SMILES string of the molecule is CC(=O)O[C@H]1Cc2cc(Br)c3[nH]ncc3c2CN(CC(F)(F)F)C1=O. The third-order valence-corrected chi connectivity index (χ3v) is 4.54. The van der Waals surface area contributed by atoms with Crippen LogP contribution in [0.15, 0.2) is 16.7 Å². The number of halogens is 4. The first-order chi connectivity index (χ1) is 11.7. The van der Waals surface area contributed by atoms with Gasteiger partial charge in [-0.15, -0.1) is 0 Å². The van der Waals surface area contributed by atoms with Crippen LogP contribution < -0.4 is 0 Å². The van der Waals surface area contributed by atoms with E-state index in [9.17, 15) is 22.8 Å². The lowest BCUT2D eigenvalue weighted by molar-refractivity contribution is -0.172. The van der Waals surface area contributed by atoms with Gasteiger partial charge in [-0.05, 0) is 33.1 Å². The summed E-state index contributed by atoms with van der Waals surface area (Å²) in [6, 6.07) is 1.71. The molecule has 0 unspecified atom stereocenters. The first kappa shape index (κ1) is 17.7. The summed E-state index contributed by atoms with van der Waals surface area (Å²) < 4.78 is 44.4. The van der Waals surface area contributed by atoms with Gasteiger partial charge in [-0.25, -0.2) is 0 Å². The minimum atomic E-state index is -4.56. The zero-order chi connectivity index (χ0) is 18.4. The highest BCUT2D eigenvalue weighted by Gasteiger charge is 2.39. The zero-order valence-corrected chi connectivity index (χ0v) is 14.6. The minimum Gasteiger partial charge on any atom is -0.452 e. The van der Waals surface area contributed by atoms with Crippen LogP contribution in [0.3, 0.4) is 0 Å². The first-order valence-electron chi connectivity index (χ1n) is 7.32. The van der Waals surface area contributed by atoms with Crippen molar-refractivity contribution in [2.45, 2.75) is 32.2 Å². The molecule has 1 aliphatic heterocycles. The summed E-state index contributed by atoms with van der Waals surface area (Å²) in [5.41, 5.74) is 1.81. The van der Waals surface area contributed by atoms with Gasteiger partial charge in [0.1, 0.15) is 6.54 Å². The number of nitrogens with zero attached hydrogens (tertiary/aromatic N) is 2. The van der Waals surface area contributed by atoms with Gasteiger partial charge in [0.2, 0.25) is 0 Å². The first-order valence-corrected chi connectivity index (χ1v) is 8.11. The number of nitrogens with one attached hydrogen (secondary N) is 1. The number of H-pyrrole nitrogens is 1. The molecule has 0 spiro atoms. The van der Waals surface area contributed by atoms with Crippen LogP contribution in [0.25, 0.3) is 10.9 Å². The Kier molecular flexibility index (Phi) is 4.48. The van der Waals surface area contributed by atoms with Crippen LogP contribution in [0, 0.1) is 0 Å². The van der Waals surface area contributed by atoms with E-state index in [2.05, 4.69) is 26.1 Å². The second kappa shape index (κ2) is 6.32. The summed E-state index contributed by atoms with van der Waals surface area (Å²) in [5, 5.41) is 7.31. The molecule has 2 heterocycles. The van der Waals surface area contributed by atoms with Gasteiger partial charge in [-0.2, -0.15) is 18.3 Å². The van der Waals surface area contributed by atoms with Crippen LogP contribution in [-0.4, -0.2) is 45.8 Å². The van der Waals surface area contributed by atoms with Crippen molar-refractivity contribution in [2.75, 3.05) is 6.54 Å². The van der Waals surface area contributed by atoms with Gasteiger partial charge in [0.25, 0.3) is 5.91 Å². The molecule has 134 valence electrons. The third kappa shape index (κ3) is 3.63. The van der Waals surface area contributed by atoms with E-state index >= 15 is 0 Å². The maximum absolute atomic E-state index is 12.9. The van der Waals surface area contributed by atoms with E-state index in [-0.39, 0.29) is 13.0 Å². The number of esters is 1. The number of carbonyl (C=O) groups excluding carboxylic acids is 2. The molecular weight excluding hydrogens is 407 g/mol. The fraction of sp³-hybridized carbons (Fsp3) is 0.400. The molecule has 1 aromatic heterocycles. The zero-order valence-electron chi connectivity index (χ0n) is 13.0. The average Bonchev–Trinajstić information content (AvgIpc) is 2.93. The van der Waals surface area contributed by atoms with Crippen molar-refractivity contribution in [3.63, 3.8) is 0 Å². The van der Waals surface area contributed by atoms with Crippen molar-refractivity contribution in [2.24, 2.45) is 0 Å². The largest absolute Gasteiger partial charge is 0.452 e. The number of amides is 1. The van der Waals surface area contributed by atoms with Crippen LogP contribution in [0.2, 0.25) is 0 Å². The van der Waals surface area contributed by atoms with E-state index in [0.717, 1.165) is 6.92 Å². The Balaban J connectivity index is 2.11. The quantitative estimate of drug-likeness (QED) is 0.759. The van der Waals surface area contributed by atoms with Crippen molar-refractivity contribution in [3.8, 4) is 0 Å². The molecule has 1 N–H and O–H groups in total. The molecule has 1 atom stereocenters. The fourth-order valence-electron chi connectivity index (χ4n) is 2.95. The van der Waals surface area contributed by atoms with Gasteiger partial charge in [0, 0.05) is 29.7 Å². The van der Waals surface area contributed by atoms with Crippen molar-refractivity contribution in [3.05, 3.63) is 27.9 Å². The molecule has 0 saturated carbocycles. The molecule has 0 bridgehead atoms. The van der Waals surface area contributed by atoms with Crippen LogP contribution in [-0.2, 0) is 27.3 Å². The van der Waals surface area contributed by atoms with Crippen molar-refractivity contribution in [1.29, 1.82) is 0 Å². The van der Waals surface area contributed by atoms with Gasteiger partial charge >= 0.3 is 12.1 Å². The molecular formula is C15H13BrF3N3O3. The number of rotatable bonds is 2. The van der Waals surface area contributed by atoms with Crippen LogP contribution in [0.5, 0.6) is 0 Å². The molecule has 3 rings (SSSR count). The summed E-state index contributed by atoms with van der Waals surface area (Å²) in [6.45, 7) is -0.546. The third-order valence-electron chi connectivity index (χ3n) is 3.91. The summed E-state index contributed by atoms with van der Waals surface area (Å²) >= 11 is 3.37. The molecule has 2 aromatic rings. The predicted molar refractivity (Wildman–Crippen MR) is 84.5 cm³/mol. The van der Waals surface area contributed by atoms with Crippen molar-refractivity contribution in [1.82, 2.24) is 15.1 Å². The molecule has 1 aromatic carbocycles.